The van der Waals surface area contributed by atoms with Gasteiger partial charge in [0, 0.05) is 87.4 Å². The average Bonchev–Trinajstić information content (AvgIpc) is 3.88. The molecule has 3 N–H and O–H groups in total. The zero-order valence-electron chi connectivity index (χ0n) is 35.1. The molecule has 2 saturated heterocycles. The lowest BCUT2D eigenvalue weighted by Gasteiger charge is -2.37. The lowest BCUT2D eigenvalue weighted by atomic mass is 9.95. The largest absolute Gasteiger partial charge is 0.372 e. The van der Waals surface area contributed by atoms with E-state index in [2.05, 4.69) is 54.1 Å². The van der Waals surface area contributed by atoms with E-state index >= 15 is 0 Å². The van der Waals surface area contributed by atoms with Crippen LogP contribution in [0.15, 0.2) is 70.1 Å². The number of urea groups is 1. The van der Waals surface area contributed by atoms with Crippen LogP contribution < -0.4 is 31.3 Å². The summed E-state index contributed by atoms with van der Waals surface area (Å²) in [5.74, 6) is 0.976. The summed E-state index contributed by atoms with van der Waals surface area (Å²) >= 11 is 0. The van der Waals surface area contributed by atoms with Crippen LogP contribution in [0.2, 0.25) is 0 Å². The normalized spacial score (nSPS) is 17.0. The standard InChI is InChI=1S/C44H53N11O5/c1-27-21-30(7-12-35(27)28(2)45-39(57)40-48-42(50-60-40)44(3,4)5)31-22-36(41(58)51(6)25-31)46-37-23-34-26-52(19-20-55(34)49-37)24-29-13-16-53(17-14-29)32-8-10-33(11-9-32)54-18-15-38(56)47-43(54)59/h7-12,21-23,25,28-29H,13-20,24,26H2,1-6H3,(H,45,57)(H,46,49)(H,47,56,59)/t28-/m1/s1. The van der Waals surface area contributed by atoms with E-state index in [1.54, 1.807) is 16.5 Å². The van der Waals surface area contributed by atoms with Gasteiger partial charge >= 0.3 is 17.8 Å². The molecule has 60 heavy (non-hydrogen) atoms. The third-order valence-corrected chi connectivity index (χ3v) is 11.7. The third-order valence-electron chi connectivity index (χ3n) is 11.7. The number of hydrogen-bond acceptors (Lipinski definition) is 11. The molecule has 0 radical (unpaired) electrons. The van der Waals surface area contributed by atoms with Gasteiger partial charge in [0.25, 0.3) is 5.56 Å². The second-order valence-electron chi connectivity index (χ2n) is 17.3. The Morgan fingerprint density at radius 3 is 2.40 bits per heavy atom. The Morgan fingerprint density at radius 1 is 0.950 bits per heavy atom. The van der Waals surface area contributed by atoms with Crippen molar-refractivity contribution in [1.82, 2.24) is 40.0 Å². The van der Waals surface area contributed by atoms with Crippen molar-refractivity contribution in [1.29, 1.82) is 0 Å². The minimum atomic E-state index is -0.429. The number of hydrogen-bond donors (Lipinski definition) is 3. The molecule has 2 aromatic carbocycles. The average molecular weight is 816 g/mol. The maximum absolute atomic E-state index is 13.3. The van der Waals surface area contributed by atoms with Crippen LogP contribution in [0.4, 0.5) is 27.7 Å². The van der Waals surface area contributed by atoms with Gasteiger partial charge in [0.05, 0.1) is 18.3 Å². The van der Waals surface area contributed by atoms with Crippen molar-refractivity contribution in [3.05, 3.63) is 99.7 Å². The molecule has 3 aromatic heterocycles. The van der Waals surface area contributed by atoms with Crippen molar-refractivity contribution in [2.24, 2.45) is 13.0 Å². The summed E-state index contributed by atoms with van der Waals surface area (Å²) < 4.78 is 8.85. The van der Waals surface area contributed by atoms with Crippen molar-refractivity contribution in [2.45, 2.75) is 78.4 Å². The second-order valence-corrected chi connectivity index (χ2v) is 17.3. The molecule has 0 unspecified atom stereocenters. The van der Waals surface area contributed by atoms with Gasteiger partial charge in [0.15, 0.2) is 11.6 Å². The van der Waals surface area contributed by atoms with Crippen molar-refractivity contribution in [3.8, 4) is 11.1 Å². The Bertz CT molecular complexity index is 2470. The third kappa shape index (κ3) is 8.69. The van der Waals surface area contributed by atoms with E-state index in [4.69, 9.17) is 9.62 Å². The zero-order valence-corrected chi connectivity index (χ0v) is 35.1. The molecule has 0 saturated carbocycles. The minimum absolute atomic E-state index is 0.0656. The predicted molar refractivity (Wildman–Crippen MR) is 228 cm³/mol. The maximum Gasteiger partial charge on any atom is 0.328 e. The van der Waals surface area contributed by atoms with Crippen LogP contribution >= 0.6 is 0 Å². The summed E-state index contributed by atoms with van der Waals surface area (Å²) in [5.41, 5.74) is 6.74. The molecule has 6 heterocycles. The summed E-state index contributed by atoms with van der Waals surface area (Å²) in [5, 5.41) is 17.5. The molecule has 0 bridgehead atoms. The minimum Gasteiger partial charge on any atom is -0.372 e. The number of fused-ring (bicyclic) bond motifs is 1. The summed E-state index contributed by atoms with van der Waals surface area (Å²) in [4.78, 5) is 60.9. The van der Waals surface area contributed by atoms with Gasteiger partial charge in [-0.15, -0.1) is 0 Å². The summed E-state index contributed by atoms with van der Waals surface area (Å²) in [6.45, 7) is 15.6. The molecule has 0 spiro atoms. The number of aryl methyl sites for hydroxylation is 2. The fourth-order valence-electron chi connectivity index (χ4n) is 8.33. The van der Waals surface area contributed by atoms with Crippen LogP contribution in [0, 0.1) is 12.8 Å². The SMILES string of the molecule is Cc1cc(-c2cc(Nc3cc4n(n3)CCN(CC3CCN(c5ccc(N6CCC(=O)NC6=O)cc5)CC3)C4)c(=O)n(C)c2)ccc1[C@@H](C)NC(=O)c1nc(C(C)(C)C)no1. The number of amides is 4. The van der Waals surface area contributed by atoms with Gasteiger partial charge < -0.3 is 24.6 Å². The number of aromatic nitrogens is 5. The molecule has 16 nitrogen and oxygen atoms in total. The highest BCUT2D eigenvalue weighted by molar-refractivity contribution is 6.05. The number of nitrogens with zero attached hydrogens (tertiary/aromatic N) is 8. The van der Waals surface area contributed by atoms with Gasteiger partial charge in [-0.1, -0.05) is 44.1 Å². The van der Waals surface area contributed by atoms with Crippen LogP contribution in [0.5, 0.6) is 0 Å². The van der Waals surface area contributed by atoms with Gasteiger partial charge in [0.2, 0.25) is 5.91 Å². The van der Waals surface area contributed by atoms with E-state index in [1.165, 1.54) is 0 Å². The Balaban J connectivity index is 0.859. The molecule has 314 valence electrons. The first-order valence-corrected chi connectivity index (χ1v) is 20.7. The number of imide groups is 1. The Hall–Kier alpha value is -6.29. The summed E-state index contributed by atoms with van der Waals surface area (Å²) in [6, 6.07) is 17.3. The van der Waals surface area contributed by atoms with Crippen molar-refractivity contribution in [2.75, 3.05) is 47.8 Å². The fourth-order valence-corrected chi connectivity index (χ4v) is 8.33. The Kier molecular flexibility index (Phi) is 11.1. The van der Waals surface area contributed by atoms with E-state index in [1.807, 2.05) is 81.9 Å². The quantitative estimate of drug-likeness (QED) is 0.159. The van der Waals surface area contributed by atoms with E-state index in [9.17, 15) is 19.2 Å². The molecule has 3 aliphatic heterocycles. The maximum atomic E-state index is 13.3. The topological polar surface area (TPSA) is 176 Å². The number of piperidine rings is 1. The first-order chi connectivity index (χ1) is 28.7. The molecule has 0 aliphatic carbocycles. The zero-order chi connectivity index (χ0) is 42.3. The molecular weight excluding hydrogens is 763 g/mol. The summed E-state index contributed by atoms with van der Waals surface area (Å²) in [6.07, 6.45) is 4.33. The highest BCUT2D eigenvalue weighted by atomic mass is 16.5. The number of nitrogens with one attached hydrogen (secondary N) is 3. The number of carbonyl (C=O) groups is 3. The lowest BCUT2D eigenvalue weighted by Crippen LogP contribution is -2.49. The van der Waals surface area contributed by atoms with Crippen molar-refractivity contribution in [3.63, 3.8) is 0 Å². The number of pyridine rings is 1. The van der Waals surface area contributed by atoms with Gasteiger partial charge in [-0.2, -0.15) is 10.1 Å². The smallest absolute Gasteiger partial charge is 0.328 e. The molecule has 1 atom stereocenters. The van der Waals surface area contributed by atoms with Crippen LogP contribution in [0.25, 0.3) is 11.1 Å². The van der Waals surface area contributed by atoms with Crippen molar-refractivity contribution < 1.29 is 18.9 Å². The molecule has 16 heteroatoms. The van der Waals surface area contributed by atoms with Crippen LogP contribution in [0.3, 0.4) is 0 Å². The predicted octanol–water partition coefficient (Wildman–Crippen LogP) is 5.65. The number of rotatable bonds is 10. The summed E-state index contributed by atoms with van der Waals surface area (Å²) in [7, 11) is 1.75. The number of benzene rings is 2. The van der Waals surface area contributed by atoms with Crippen LogP contribution in [0.1, 0.15) is 86.3 Å². The van der Waals surface area contributed by atoms with E-state index in [0.29, 0.717) is 36.2 Å². The molecule has 8 rings (SSSR count). The van der Waals surface area contributed by atoms with E-state index in [0.717, 1.165) is 91.4 Å². The van der Waals surface area contributed by atoms with Gasteiger partial charge in [-0.25, -0.2) is 4.79 Å². The monoisotopic (exact) mass is 815 g/mol. The Labute approximate surface area is 348 Å². The molecular formula is C44H53N11O5. The van der Waals surface area contributed by atoms with E-state index < -0.39 is 5.91 Å². The van der Waals surface area contributed by atoms with Crippen molar-refractivity contribution >= 4 is 40.7 Å². The van der Waals surface area contributed by atoms with Gasteiger partial charge in [-0.05, 0) is 79.6 Å². The van der Waals surface area contributed by atoms with Crippen LogP contribution in [-0.2, 0) is 30.3 Å². The first-order valence-electron chi connectivity index (χ1n) is 20.7. The lowest BCUT2D eigenvalue weighted by molar-refractivity contribution is -0.120. The molecule has 5 aromatic rings. The van der Waals surface area contributed by atoms with Crippen LogP contribution in [-0.4, -0.2) is 80.0 Å². The first kappa shape index (κ1) is 40.5. The molecule has 4 amide bonds. The number of anilines is 4. The number of carbonyl (C=O) groups excluding carboxylic acids is 3. The molecule has 3 aliphatic rings. The second kappa shape index (κ2) is 16.4. The van der Waals surface area contributed by atoms with E-state index in [-0.39, 0.29) is 34.8 Å². The van der Waals surface area contributed by atoms with Gasteiger partial charge in [0.1, 0.15) is 5.69 Å². The Morgan fingerprint density at radius 2 is 1.70 bits per heavy atom. The molecule has 2 fully saturated rings. The highest BCUT2D eigenvalue weighted by Crippen LogP contribution is 2.30. The fraction of sp³-hybridized carbons (Fsp3) is 0.432. The highest BCUT2D eigenvalue weighted by Gasteiger charge is 2.28. The van der Waals surface area contributed by atoms with Gasteiger partial charge in [-0.3, -0.25) is 34.2 Å².